The fourth-order valence-electron chi connectivity index (χ4n) is 2.57. The summed E-state index contributed by atoms with van der Waals surface area (Å²) in [6.07, 6.45) is 5.61. The van der Waals surface area contributed by atoms with Crippen LogP contribution in [-0.4, -0.2) is 16.8 Å². The third kappa shape index (κ3) is 3.17. The maximum atomic E-state index is 12.3. The van der Waals surface area contributed by atoms with Crippen LogP contribution in [0.5, 0.6) is 0 Å². The molecule has 1 heterocycles. The van der Waals surface area contributed by atoms with Gasteiger partial charge in [0.15, 0.2) is 5.13 Å². The number of primary amides is 1. The Balaban J connectivity index is 1.77. The lowest BCUT2D eigenvalue weighted by molar-refractivity contribution is 0.1000. The van der Waals surface area contributed by atoms with E-state index in [-0.39, 0.29) is 5.91 Å². The third-order valence-corrected chi connectivity index (χ3v) is 4.80. The summed E-state index contributed by atoms with van der Waals surface area (Å²) in [4.78, 5) is 29.3. The van der Waals surface area contributed by atoms with Gasteiger partial charge in [0.25, 0.3) is 5.91 Å². The van der Waals surface area contributed by atoms with Crippen molar-refractivity contribution in [2.45, 2.75) is 32.1 Å². The zero-order valence-corrected chi connectivity index (χ0v) is 12.9. The highest BCUT2D eigenvalue weighted by Gasteiger charge is 2.16. The van der Waals surface area contributed by atoms with Crippen molar-refractivity contribution in [3.8, 4) is 0 Å². The highest BCUT2D eigenvalue weighted by Crippen LogP contribution is 2.29. The lowest BCUT2D eigenvalue weighted by atomic mass is 10.1. The first-order valence-electron chi connectivity index (χ1n) is 7.33. The molecule has 1 aromatic carbocycles. The summed E-state index contributed by atoms with van der Waals surface area (Å²) < 4.78 is 0. The van der Waals surface area contributed by atoms with Crippen molar-refractivity contribution in [1.29, 1.82) is 0 Å². The Labute approximate surface area is 132 Å². The number of aryl methyl sites for hydroxylation is 2. The van der Waals surface area contributed by atoms with Crippen LogP contribution in [0.1, 0.15) is 50.5 Å². The summed E-state index contributed by atoms with van der Waals surface area (Å²) in [6, 6.07) is 6.38. The molecule has 0 saturated heterocycles. The molecular formula is C16H17N3O2S. The second kappa shape index (κ2) is 6.27. The Bertz CT molecular complexity index is 700. The minimum absolute atomic E-state index is 0.271. The summed E-state index contributed by atoms with van der Waals surface area (Å²) in [5, 5.41) is 3.44. The quantitative estimate of drug-likeness (QED) is 0.854. The number of anilines is 1. The molecule has 1 aliphatic rings. The first-order valence-corrected chi connectivity index (χ1v) is 8.15. The SMILES string of the molecule is NC(=O)c1cccc(C(=O)Nc2nc3c(s2)CCCCC3)c1. The third-order valence-electron chi connectivity index (χ3n) is 3.73. The standard InChI is InChI=1S/C16H17N3O2S/c17-14(20)10-5-4-6-11(9-10)15(21)19-16-18-12-7-2-1-3-8-13(12)22-16/h4-6,9H,1-3,7-8H2,(H2,17,20)(H,18,19,21). The average molecular weight is 315 g/mol. The van der Waals surface area contributed by atoms with Crippen LogP contribution in [-0.2, 0) is 12.8 Å². The Kier molecular flexibility index (Phi) is 4.20. The van der Waals surface area contributed by atoms with Gasteiger partial charge in [-0.25, -0.2) is 4.98 Å². The fraction of sp³-hybridized carbons (Fsp3) is 0.312. The van der Waals surface area contributed by atoms with E-state index >= 15 is 0 Å². The summed E-state index contributed by atoms with van der Waals surface area (Å²) in [7, 11) is 0. The van der Waals surface area contributed by atoms with Gasteiger partial charge in [0, 0.05) is 16.0 Å². The summed E-state index contributed by atoms with van der Waals surface area (Å²) in [6.45, 7) is 0. The van der Waals surface area contributed by atoms with E-state index < -0.39 is 5.91 Å². The fourth-order valence-corrected chi connectivity index (χ4v) is 3.61. The minimum atomic E-state index is -0.546. The topological polar surface area (TPSA) is 85.1 Å². The second-order valence-corrected chi connectivity index (χ2v) is 6.43. The van der Waals surface area contributed by atoms with Crippen LogP contribution in [0.25, 0.3) is 0 Å². The number of benzene rings is 1. The van der Waals surface area contributed by atoms with E-state index in [4.69, 9.17) is 5.73 Å². The molecule has 22 heavy (non-hydrogen) atoms. The van der Waals surface area contributed by atoms with Gasteiger partial charge >= 0.3 is 0 Å². The van der Waals surface area contributed by atoms with Crippen molar-refractivity contribution in [2.24, 2.45) is 5.73 Å². The van der Waals surface area contributed by atoms with E-state index in [2.05, 4.69) is 10.3 Å². The Morgan fingerprint density at radius 2 is 1.91 bits per heavy atom. The molecule has 0 radical (unpaired) electrons. The maximum Gasteiger partial charge on any atom is 0.257 e. The number of amides is 2. The highest BCUT2D eigenvalue weighted by molar-refractivity contribution is 7.15. The number of hydrogen-bond acceptors (Lipinski definition) is 4. The molecule has 0 saturated carbocycles. The molecule has 114 valence electrons. The number of nitrogens with two attached hydrogens (primary N) is 1. The predicted octanol–water partition coefficient (Wildman–Crippen LogP) is 2.76. The van der Waals surface area contributed by atoms with Gasteiger partial charge in [0.1, 0.15) is 0 Å². The molecule has 0 unspecified atom stereocenters. The van der Waals surface area contributed by atoms with E-state index in [9.17, 15) is 9.59 Å². The lowest BCUT2D eigenvalue weighted by Gasteiger charge is -2.03. The normalized spacial score (nSPS) is 14.0. The molecule has 1 aromatic heterocycles. The number of carbonyl (C=O) groups is 2. The molecule has 3 rings (SSSR count). The van der Waals surface area contributed by atoms with Gasteiger partial charge in [-0.15, -0.1) is 11.3 Å². The van der Waals surface area contributed by atoms with E-state index in [0.717, 1.165) is 25.0 Å². The van der Waals surface area contributed by atoms with E-state index in [1.165, 1.54) is 23.8 Å². The van der Waals surface area contributed by atoms with Gasteiger partial charge in [0.2, 0.25) is 5.91 Å². The van der Waals surface area contributed by atoms with Crippen LogP contribution < -0.4 is 11.1 Å². The Morgan fingerprint density at radius 3 is 2.73 bits per heavy atom. The van der Waals surface area contributed by atoms with Crippen molar-refractivity contribution in [3.63, 3.8) is 0 Å². The monoisotopic (exact) mass is 315 g/mol. The Morgan fingerprint density at radius 1 is 1.14 bits per heavy atom. The second-order valence-electron chi connectivity index (χ2n) is 5.35. The highest BCUT2D eigenvalue weighted by atomic mass is 32.1. The van der Waals surface area contributed by atoms with E-state index in [1.54, 1.807) is 29.5 Å². The first kappa shape index (κ1) is 14.7. The van der Waals surface area contributed by atoms with E-state index in [0.29, 0.717) is 16.3 Å². The van der Waals surface area contributed by atoms with Gasteiger partial charge in [0.05, 0.1) is 5.69 Å². The Hall–Kier alpha value is -2.21. The number of nitrogens with zero attached hydrogens (tertiary/aromatic N) is 1. The molecule has 3 N–H and O–H groups in total. The van der Waals surface area contributed by atoms with Crippen molar-refractivity contribution in [1.82, 2.24) is 4.98 Å². The van der Waals surface area contributed by atoms with Crippen LogP contribution in [0.2, 0.25) is 0 Å². The molecule has 2 aromatic rings. The van der Waals surface area contributed by atoms with Crippen molar-refractivity contribution in [2.75, 3.05) is 5.32 Å². The summed E-state index contributed by atoms with van der Waals surface area (Å²) in [5.74, 6) is -0.817. The molecule has 2 amide bonds. The molecule has 1 aliphatic carbocycles. The number of thiazole rings is 1. The smallest absolute Gasteiger partial charge is 0.257 e. The maximum absolute atomic E-state index is 12.3. The van der Waals surface area contributed by atoms with Crippen LogP contribution in [0.4, 0.5) is 5.13 Å². The summed E-state index contributed by atoms with van der Waals surface area (Å²) in [5.41, 5.74) is 7.08. The molecule has 0 aliphatic heterocycles. The molecule has 0 bridgehead atoms. The largest absolute Gasteiger partial charge is 0.366 e. The van der Waals surface area contributed by atoms with Crippen molar-refractivity contribution >= 4 is 28.3 Å². The van der Waals surface area contributed by atoms with Gasteiger partial charge < -0.3 is 5.73 Å². The lowest BCUT2D eigenvalue weighted by Crippen LogP contribution is -2.15. The number of fused-ring (bicyclic) bond motifs is 1. The average Bonchev–Trinajstić information content (AvgIpc) is 2.76. The molecule has 5 nitrogen and oxygen atoms in total. The van der Waals surface area contributed by atoms with Gasteiger partial charge in [-0.05, 0) is 43.9 Å². The van der Waals surface area contributed by atoms with Crippen LogP contribution in [0, 0.1) is 0 Å². The first-order chi connectivity index (χ1) is 10.6. The van der Waals surface area contributed by atoms with Gasteiger partial charge in [-0.2, -0.15) is 0 Å². The van der Waals surface area contributed by atoms with Gasteiger partial charge in [-0.3, -0.25) is 14.9 Å². The number of aromatic nitrogens is 1. The number of carbonyl (C=O) groups excluding carboxylic acids is 2. The zero-order chi connectivity index (χ0) is 15.5. The van der Waals surface area contributed by atoms with Crippen LogP contribution in [0.3, 0.4) is 0 Å². The molecule has 0 atom stereocenters. The molecule has 0 spiro atoms. The van der Waals surface area contributed by atoms with Crippen molar-refractivity contribution in [3.05, 3.63) is 46.0 Å². The van der Waals surface area contributed by atoms with Gasteiger partial charge in [-0.1, -0.05) is 12.5 Å². The molecule has 6 heteroatoms. The number of hydrogen-bond donors (Lipinski definition) is 2. The summed E-state index contributed by atoms with van der Waals surface area (Å²) >= 11 is 1.55. The molecular weight excluding hydrogens is 298 g/mol. The van der Waals surface area contributed by atoms with Crippen LogP contribution in [0.15, 0.2) is 24.3 Å². The van der Waals surface area contributed by atoms with Crippen molar-refractivity contribution < 1.29 is 9.59 Å². The number of rotatable bonds is 3. The number of nitrogens with one attached hydrogen (secondary N) is 1. The van der Waals surface area contributed by atoms with E-state index in [1.807, 2.05) is 0 Å². The predicted molar refractivity (Wildman–Crippen MR) is 86.3 cm³/mol. The zero-order valence-electron chi connectivity index (χ0n) is 12.1. The van der Waals surface area contributed by atoms with Crippen LogP contribution >= 0.6 is 11.3 Å². The minimum Gasteiger partial charge on any atom is -0.366 e. The molecule has 0 fully saturated rings.